The van der Waals surface area contributed by atoms with Crippen molar-refractivity contribution in [3.8, 4) is 11.3 Å². The maximum absolute atomic E-state index is 14.5. The monoisotopic (exact) mass is 566 g/mol. The highest BCUT2D eigenvalue weighted by atomic mass is 79.9. The van der Waals surface area contributed by atoms with Gasteiger partial charge < -0.3 is 19.7 Å². The number of halogens is 3. The van der Waals surface area contributed by atoms with Crippen molar-refractivity contribution in [2.24, 2.45) is 5.92 Å². The standard InChI is InChI=1S/C23H25BrF2N6O4/c1-35-22-15(8-31-9-17(28-29-31)23-4-11(5-23)6-23)36-16(10-33)21(34)20(22)32-7-14(27-30-32)12-2-3-13(24)19(26)18(12)25/h2-3,7,9,11,15-16,20-22,33-34H,4-6,8,10H2,1H3/t11?,15-,16-,20+,21+,22+,23?/m1/s1. The van der Waals surface area contributed by atoms with Gasteiger partial charge in [-0.15, -0.1) is 10.2 Å². The Balaban J connectivity index is 1.28. The molecule has 1 saturated heterocycles. The van der Waals surface area contributed by atoms with E-state index in [-0.39, 0.29) is 27.7 Å². The number of ether oxygens (including phenoxy) is 2. The fourth-order valence-electron chi connectivity index (χ4n) is 5.79. The van der Waals surface area contributed by atoms with Crippen molar-refractivity contribution < 1.29 is 28.5 Å². The summed E-state index contributed by atoms with van der Waals surface area (Å²) in [5, 5.41) is 37.6. The van der Waals surface area contributed by atoms with Crippen LogP contribution in [0.4, 0.5) is 8.78 Å². The van der Waals surface area contributed by atoms with E-state index in [9.17, 15) is 19.0 Å². The summed E-state index contributed by atoms with van der Waals surface area (Å²) in [4.78, 5) is 0. The minimum absolute atomic E-state index is 0.00521. The molecule has 36 heavy (non-hydrogen) atoms. The van der Waals surface area contributed by atoms with Crippen molar-refractivity contribution in [2.45, 2.75) is 61.7 Å². The van der Waals surface area contributed by atoms with Crippen LogP contribution in [-0.2, 0) is 21.4 Å². The summed E-state index contributed by atoms with van der Waals surface area (Å²) >= 11 is 2.96. The Kier molecular flexibility index (Phi) is 5.95. The largest absolute Gasteiger partial charge is 0.394 e. The van der Waals surface area contributed by atoms with Gasteiger partial charge in [0.05, 0.1) is 29.5 Å². The lowest BCUT2D eigenvalue weighted by Crippen LogP contribution is -2.57. The molecular formula is C23H25BrF2N6O4. The maximum atomic E-state index is 14.5. The zero-order valence-corrected chi connectivity index (χ0v) is 20.9. The molecule has 1 aromatic carbocycles. The fourth-order valence-corrected chi connectivity index (χ4v) is 6.10. The van der Waals surface area contributed by atoms with Crippen LogP contribution >= 0.6 is 15.9 Å². The summed E-state index contributed by atoms with van der Waals surface area (Å²) in [6, 6.07) is 1.94. The first-order valence-corrected chi connectivity index (χ1v) is 12.6. The Bertz CT molecular complexity index is 1270. The number of benzene rings is 1. The lowest BCUT2D eigenvalue weighted by atomic mass is 9.43. The zero-order valence-electron chi connectivity index (χ0n) is 19.3. The van der Waals surface area contributed by atoms with Crippen LogP contribution < -0.4 is 0 Å². The van der Waals surface area contributed by atoms with Gasteiger partial charge in [0, 0.05) is 24.3 Å². The molecule has 2 bridgehead atoms. The van der Waals surface area contributed by atoms with Crippen LogP contribution in [0.3, 0.4) is 0 Å². The quantitative estimate of drug-likeness (QED) is 0.417. The number of hydrogen-bond donors (Lipinski definition) is 2. The van der Waals surface area contributed by atoms with E-state index >= 15 is 0 Å². The number of aliphatic hydroxyl groups excluding tert-OH is 2. The lowest BCUT2D eigenvalue weighted by Gasteiger charge is -2.60. The summed E-state index contributed by atoms with van der Waals surface area (Å²) in [5.41, 5.74) is 1.16. The molecule has 0 unspecified atom stereocenters. The molecule has 0 amide bonds. The summed E-state index contributed by atoms with van der Waals surface area (Å²) in [6.07, 6.45) is 3.35. The van der Waals surface area contributed by atoms with E-state index in [0.29, 0.717) is 0 Å². The third-order valence-electron chi connectivity index (χ3n) is 7.85. The molecule has 0 spiro atoms. The summed E-state index contributed by atoms with van der Waals surface area (Å²) in [7, 11) is 1.48. The molecule has 13 heteroatoms. The Hall–Kier alpha value is -2.32. The minimum Gasteiger partial charge on any atom is -0.394 e. The molecule has 4 aliphatic rings. The Morgan fingerprint density at radius 2 is 1.92 bits per heavy atom. The van der Waals surface area contributed by atoms with Gasteiger partial charge in [-0.2, -0.15) is 0 Å². The van der Waals surface area contributed by atoms with E-state index in [1.165, 1.54) is 30.1 Å². The molecule has 0 radical (unpaired) electrons. The minimum atomic E-state index is -1.20. The SMILES string of the molecule is CO[C@@H]1[C@@H](n2cc(-c3ccc(Br)c(F)c3F)nn2)[C@@H](O)[C@@H](CO)O[C@@H]1Cn1cc(C23CC(C2)C3)nn1. The van der Waals surface area contributed by atoms with Crippen molar-refractivity contribution in [3.63, 3.8) is 0 Å². The highest BCUT2D eigenvalue weighted by Gasteiger charge is 2.59. The molecule has 10 nitrogen and oxygen atoms in total. The van der Waals surface area contributed by atoms with Gasteiger partial charge >= 0.3 is 0 Å². The first-order chi connectivity index (χ1) is 17.3. The van der Waals surface area contributed by atoms with E-state index in [2.05, 4.69) is 36.6 Å². The van der Waals surface area contributed by atoms with Gasteiger partial charge in [0.15, 0.2) is 11.6 Å². The van der Waals surface area contributed by atoms with Crippen molar-refractivity contribution in [3.05, 3.63) is 46.3 Å². The van der Waals surface area contributed by atoms with Gasteiger partial charge in [-0.05, 0) is 53.2 Å². The normalized spacial score (nSPS) is 33.3. The first-order valence-electron chi connectivity index (χ1n) is 11.8. The second-order valence-electron chi connectivity index (χ2n) is 9.97. The van der Waals surface area contributed by atoms with E-state index in [0.717, 1.165) is 30.9 Å². The molecule has 3 aliphatic carbocycles. The van der Waals surface area contributed by atoms with Gasteiger partial charge in [0.25, 0.3) is 0 Å². The molecule has 4 fully saturated rings. The van der Waals surface area contributed by atoms with Gasteiger partial charge in [-0.1, -0.05) is 10.4 Å². The highest BCUT2D eigenvalue weighted by molar-refractivity contribution is 9.10. The molecule has 3 aromatic rings. The van der Waals surface area contributed by atoms with E-state index < -0.39 is 48.7 Å². The molecule has 3 saturated carbocycles. The molecule has 3 heterocycles. The van der Waals surface area contributed by atoms with Crippen LogP contribution in [0, 0.1) is 17.6 Å². The van der Waals surface area contributed by atoms with E-state index in [1.807, 2.05) is 6.20 Å². The lowest BCUT2D eigenvalue weighted by molar-refractivity contribution is -0.216. The molecule has 1 aliphatic heterocycles. The van der Waals surface area contributed by atoms with Crippen LogP contribution in [-0.4, -0.2) is 78.3 Å². The molecule has 192 valence electrons. The number of aromatic nitrogens is 6. The van der Waals surface area contributed by atoms with Crippen LogP contribution in [0.1, 0.15) is 31.0 Å². The number of rotatable bonds is 7. The van der Waals surface area contributed by atoms with Crippen molar-refractivity contribution in [2.75, 3.05) is 13.7 Å². The average molecular weight is 567 g/mol. The second-order valence-corrected chi connectivity index (χ2v) is 10.8. The fraction of sp³-hybridized carbons (Fsp3) is 0.565. The summed E-state index contributed by atoms with van der Waals surface area (Å²) < 4.78 is 43.4. The Labute approximate surface area is 213 Å². The van der Waals surface area contributed by atoms with Gasteiger partial charge in [0.1, 0.15) is 36.2 Å². The molecule has 2 N–H and O–H groups in total. The predicted molar refractivity (Wildman–Crippen MR) is 124 cm³/mol. The van der Waals surface area contributed by atoms with E-state index in [1.54, 1.807) is 4.68 Å². The third-order valence-corrected chi connectivity index (χ3v) is 8.46. The summed E-state index contributed by atoms with van der Waals surface area (Å²) in [6.45, 7) is -0.162. The van der Waals surface area contributed by atoms with Crippen molar-refractivity contribution >= 4 is 15.9 Å². The zero-order chi connectivity index (χ0) is 25.2. The van der Waals surface area contributed by atoms with Crippen molar-refractivity contribution in [1.29, 1.82) is 0 Å². The van der Waals surface area contributed by atoms with Gasteiger partial charge in [-0.25, -0.2) is 18.1 Å². The van der Waals surface area contributed by atoms with Crippen LogP contribution in [0.25, 0.3) is 11.3 Å². The summed E-state index contributed by atoms with van der Waals surface area (Å²) in [5.74, 6) is -1.28. The second kappa shape index (κ2) is 8.91. The smallest absolute Gasteiger partial charge is 0.173 e. The number of aliphatic hydroxyl groups is 2. The maximum Gasteiger partial charge on any atom is 0.173 e. The average Bonchev–Trinajstić information content (AvgIpc) is 3.46. The number of nitrogens with zero attached hydrogens (tertiary/aromatic N) is 6. The number of methoxy groups -OCH3 is 1. The third kappa shape index (κ3) is 3.71. The highest BCUT2D eigenvalue weighted by Crippen LogP contribution is 2.64. The van der Waals surface area contributed by atoms with Crippen LogP contribution in [0.15, 0.2) is 29.0 Å². The van der Waals surface area contributed by atoms with Crippen LogP contribution in [0.5, 0.6) is 0 Å². The van der Waals surface area contributed by atoms with Crippen LogP contribution in [0.2, 0.25) is 0 Å². The van der Waals surface area contributed by atoms with Crippen molar-refractivity contribution in [1.82, 2.24) is 30.0 Å². The Morgan fingerprint density at radius 1 is 1.14 bits per heavy atom. The predicted octanol–water partition coefficient (Wildman–Crippen LogP) is 2.01. The molecular weight excluding hydrogens is 542 g/mol. The number of hydrogen-bond acceptors (Lipinski definition) is 8. The topological polar surface area (TPSA) is 120 Å². The van der Waals surface area contributed by atoms with E-state index in [4.69, 9.17) is 9.47 Å². The first kappa shape index (κ1) is 24.0. The molecule has 2 aromatic heterocycles. The van der Waals surface area contributed by atoms with Gasteiger partial charge in [0.2, 0.25) is 0 Å². The van der Waals surface area contributed by atoms with Gasteiger partial charge in [-0.3, -0.25) is 0 Å². The Morgan fingerprint density at radius 3 is 2.58 bits per heavy atom. The molecule has 7 rings (SSSR count). The molecule has 5 atom stereocenters.